The summed E-state index contributed by atoms with van der Waals surface area (Å²) in [7, 11) is 4.04. The predicted octanol–water partition coefficient (Wildman–Crippen LogP) is 5.68. The van der Waals surface area contributed by atoms with Crippen LogP contribution in [0.3, 0.4) is 0 Å². The van der Waals surface area contributed by atoms with E-state index < -0.39 is 0 Å². The molecule has 1 N–H and O–H groups in total. The molecule has 9 heteroatoms. The van der Waals surface area contributed by atoms with Crippen LogP contribution in [0, 0.1) is 0 Å². The molecule has 1 aliphatic heterocycles. The quantitative estimate of drug-likeness (QED) is 0.298. The number of nitrogens with zero attached hydrogens (tertiary/aromatic N) is 3. The maximum atomic E-state index is 11.8. The SMILES string of the molecule is CC(C)N(C)c1ccc(Oc2ccc3nc(COc4ccc(CC5SC(=O)NC5=O)cc4)n(C)c3c2)cc1. The van der Waals surface area contributed by atoms with Gasteiger partial charge in [0.1, 0.15) is 29.7 Å². The van der Waals surface area contributed by atoms with Crippen LogP contribution >= 0.6 is 11.8 Å². The van der Waals surface area contributed by atoms with Crippen molar-refractivity contribution >= 4 is 39.6 Å². The number of imide groups is 1. The third-order valence-corrected chi connectivity index (χ3v) is 7.66. The van der Waals surface area contributed by atoms with E-state index in [4.69, 9.17) is 14.5 Å². The molecule has 1 aromatic heterocycles. The molecule has 5 rings (SSSR count). The molecule has 1 aliphatic rings. The second-order valence-corrected chi connectivity index (χ2v) is 10.7. The van der Waals surface area contributed by atoms with E-state index in [1.54, 1.807) is 0 Å². The van der Waals surface area contributed by atoms with E-state index in [0.717, 1.165) is 51.4 Å². The van der Waals surface area contributed by atoms with E-state index in [-0.39, 0.29) is 16.4 Å². The highest BCUT2D eigenvalue weighted by Gasteiger charge is 2.31. The lowest BCUT2D eigenvalue weighted by Gasteiger charge is -2.23. The number of anilines is 1. The molecular weight excluding hydrogens is 500 g/mol. The summed E-state index contributed by atoms with van der Waals surface area (Å²) in [5.41, 5.74) is 3.93. The van der Waals surface area contributed by atoms with Crippen molar-refractivity contribution < 1.29 is 19.1 Å². The van der Waals surface area contributed by atoms with Crippen molar-refractivity contribution in [1.82, 2.24) is 14.9 Å². The molecule has 1 unspecified atom stereocenters. The number of thioether (sulfide) groups is 1. The number of hydrogen-bond donors (Lipinski definition) is 1. The van der Waals surface area contributed by atoms with Crippen molar-refractivity contribution in [2.45, 2.75) is 38.2 Å². The number of amides is 2. The highest BCUT2D eigenvalue weighted by molar-refractivity contribution is 8.15. The summed E-state index contributed by atoms with van der Waals surface area (Å²) in [5, 5.41) is 1.65. The fraction of sp³-hybridized carbons (Fsp3) is 0.276. The van der Waals surface area contributed by atoms with Gasteiger partial charge in [0.15, 0.2) is 0 Å². The number of benzene rings is 3. The molecule has 196 valence electrons. The summed E-state index contributed by atoms with van der Waals surface area (Å²) >= 11 is 1.03. The Bertz CT molecular complexity index is 1460. The molecule has 0 spiro atoms. The van der Waals surface area contributed by atoms with E-state index in [0.29, 0.717) is 24.8 Å². The molecule has 1 saturated heterocycles. The van der Waals surface area contributed by atoms with Gasteiger partial charge in [0.25, 0.3) is 5.24 Å². The third-order valence-electron chi connectivity index (χ3n) is 6.68. The summed E-state index contributed by atoms with van der Waals surface area (Å²) in [6, 6.07) is 21.9. The lowest BCUT2D eigenvalue weighted by atomic mass is 10.1. The first-order valence-corrected chi connectivity index (χ1v) is 13.3. The van der Waals surface area contributed by atoms with Crippen LogP contribution in [-0.2, 0) is 24.9 Å². The minimum Gasteiger partial charge on any atom is -0.486 e. The van der Waals surface area contributed by atoms with E-state index in [1.807, 2.05) is 66.2 Å². The number of hydrogen-bond acceptors (Lipinski definition) is 7. The van der Waals surface area contributed by atoms with Crippen LogP contribution in [-0.4, -0.2) is 39.0 Å². The first-order valence-electron chi connectivity index (χ1n) is 12.5. The van der Waals surface area contributed by atoms with Crippen molar-refractivity contribution in [2.75, 3.05) is 11.9 Å². The van der Waals surface area contributed by atoms with E-state index in [1.165, 1.54) is 0 Å². The van der Waals surface area contributed by atoms with E-state index in [2.05, 4.69) is 43.2 Å². The maximum absolute atomic E-state index is 11.8. The van der Waals surface area contributed by atoms with E-state index >= 15 is 0 Å². The van der Waals surface area contributed by atoms with Gasteiger partial charge in [0, 0.05) is 31.9 Å². The molecule has 1 fully saturated rings. The van der Waals surface area contributed by atoms with Gasteiger partial charge >= 0.3 is 0 Å². The molecule has 0 bridgehead atoms. The van der Waals surface area contributed by atoms with Gasteiger partial charge in [-0.15, -0.1) is 0 Å². The second-order valence-electron chi connectivity index (χ2n) is 9.56. The molecule has 0 aliphatic carbocycles. The largest absolute Gasteiger partial charge is 0.486 e. The molecule has 1 atom stereocenters. The molecule has 3 aromatic carbocycles. The fourth-order valence-corrected chi connectivity index (χ4v) is 5.07. The van der Waals surface area contributed by atoms with Crippen LogP contribution in [0.5, 0.6) is 17.2 Å². The number of fused-ring (bicyclic) bond motifs is 1. The molecule has 38 heavy (non-hydrogen) atoms. The summed E-state index contributed by atoms with van der Waals surface area (Å²) in [4.78, 5) is 30.1. The normalized spacial score (nSPS) is 15.2. The van der Waals surface area contributed by atoms with Crippen molar-refractivity contribution in [3.05, 3.63) is 78.1 Å². The summed E-state index contributed by atoms with van der Waals surface area (Å²) in [6.07, 6.45) is 0.497. The number of imidazole rings is 1. The van der Waals surface area contributed by atoms with Gasteiger partial charge in [-0.1, -0.05) is 23.9 Å². The number of nitrogens with one attached hydrogen (secondary N) is 1. The van der Waals surface area contributed by atoms with Gasteiger partial charge in [-0.05, 0) is 74.4 Å². The van der Waals surface area contributed by atoms with Crippen molar-refractivity contribution in [1.29, 1.82) is 0 Å². The lowest BCUT2D eigenvalue weighted by Crippen LogP contribution is -2.25. The van der Waals surface area contributed by atoms with Crippen molar-refractivity contribution in [3.63, 3.8) is 0 Å². The summed E-state index contributed by atoms with van der Waals surface area (Å²) < 4.78 is 14.1. The van der Waals surface area contributed by atoms with Crippen molar-refractivity contribution in [3.8, 4) is 17.2 Å². The van der Waals surface area contributed by atoms with Crippen LogP contribution in [0.4, 0.5) is 10.5 Å². The lowest BCUT2D eigenvalue weighted by molar-refractivity contribution is -0.118. The highest BCUT2D eigenvalue weighted by Crippen LogP contribution is 2.28. The average molecular weight is 531 g/mol. The van der Waals surface area contributed by atoms with Gasteiger partial charge in [0.05, 0.1) is 16.3 Å². The number of ether oxygens (including phenoxy) is 2. The minimum atomic E-state index is -0.380. The smallest absolute Gasteiger partial charge is 0.286 e. The van der Waals surface area contributed by atoms with Gasteiger partial charge < -0.3 is 18.9 Å². The Kier molecular flexibility index (Phi) is 7.28. The Balaban J connectivity index is 1.22. The monoisotopic (exact) mass is 530 g/mol. The molecule has 2 heterocycles. The first kappa shape index (κ1) is 25.7. The molecule has 2 amide bonds. The standard InChI is InChI=1S/C29H30N4O4S/c1-18(2)32(3)20-7-11-22(12-8-20)37-23-13-14-24-25(16-23)33(4)27(30-24)17-36-21-9-5-19(6-10-21)15-26-28(34)31-29(35)38-26/h5-14,16,18,26H,15,17H2,1-4H3,(H,31,34,35). The zero-order chi connectivity index (χ0) is 26.8. The summed E-state index contributed by atoms with van der Waals surface area (Å²) in [6.45, 7) is 4.63. The van der Waals surface area contributed by atoms with Crippen LogP contribution in [0.25, 0.3) is 11.0 Å². The number of rotatable bonds is 9. The van der Waals surface area contributed by atoms with Crippen LogP contribution < -0.4 is 19.7 Å². The minimum absolute atomic E-state index is 0.233. The Morgan fingerprint density at radius 1 is 1.00 bits per heavy atom. The van der Waals surface area contributed by atoms with E-state index in [9.17, 15) is 9.59 Å². The van der Waals surface area contributed by atoms with Crippen LogP contribution in [0.15, 0.2) is 66.7 Å². The van der Waals surface area contributed by atoms with Gasteiger partial charge in [0.2, 0.25) is 5.91 Å². The molecule has 4 aromatic rings. The van der Waals surface area contributed by atoms with Gasteiger partial charge in [-0.25, -0.2) is 4.98 Å². The van der Waals surface area contributed by atoms with Crippen LogP contribution in [0.2, 0.25) is 0 Å². The fourth-order valence-electron chi connectivity index (χ4n) is 4.21. The summed E-state index contributed by atoms with van der Waals surface area (Å²) in [5.74, 6) is 2.78. The Labute approximate surface area is 225 Å². The molecule has 0 radical (unpaired) electrons. The zero-order valence-electron chi connectivity index (χ0n) is 21.8. The first-order chi connectivity index (χ1) is 18.3. The van der Waals surface area contributed by atoms with Gasteiger partial charge in [-0.3, -0.25) is 14.9 Å². The zero-order valence-corrected chi connectivity index (χ0v) is 22.6. The highest BCUT2D eigenvalue weighted by atomic mass is 32.2. The van der Waals surface area contributed by atoms with Gasteiger partial charge in [-0.2, -0.15) is 0 Å². The number of carbonyl (C=O) groups is 2. The predicted molar refractivity (Wildman–Crippen MR) is 150 cm³/mol. The Morgan fingerprint density at radius 2 is 1.68 bits per heavy atom. The number of aromatic nitrogens is 2. The maximum Gasteiger partial charge on any atom is 0.286 e. The number of carbonyl (C=O) groups excluding carboxylic acids is 2. The number of aryl methyl sites for hydroxylation is 1. The average Bonchev–Trinajstić information content (AvgIpc) is 3.40. The molecular formula is C29H30N4O4S. The molecule has 0 saturated carbocycles. The Hall–Kier alpha value is -3.98. The topological polar surface area (TPSA) is 85.7 Å². The molecule has 8 nitrogen and oxygen atoms in total. The van der Waals surface area contributed by atoms with Crippen LogP contribution in [0.1, 0.15) is 25.2 Å². The Morgan fingerprint density at radius 3 is 2.34 bits per heavy atom. The third kappa shape index (κ3) is 5.62. The van der Waals surface area contributed by atoms with Crippen molar-refractivity contribution in [2.24, 2.45) is 7.05 Å². The second kappa shape index (κ2) is 10.8.